The van der Waals surface area contributed by atoms with Crippen molar-refractivity contribution in [3.05, 3.63) is 41.3 Å². The first kappa shape index (κ1) is 22.7. The van der Waals surface area contributed by atoms with E-state index in [0.717, 1.165) is 43.1 Å². The van der Waals surface area contributed by atoms with Crippen LogP contribution in [0.15, 0.2) is 35.7 Å². The number of ether oxygens (including phenoxy) is 1. The van der Waals surface area contributed by atoms with Crippen molar-refractivity contribution in [2.24, 2.45) is 0 Å². The molecule has 27 heavy (non-hydrogen) atoms. The van der Waals surface area contributed by atoms with E-state index in [1.807, 2.05) is 10.8 Å². The van der Waals surface area contributed by atoms with Gasteiger partial charge in [-0.3, -0.25) is 4.79 Å². The predicted octanol–water partition coefficient (Wildman–Crippen LogP) is 3.19. The van der Waals surface area contributed by atoms with E-state index in [4.69, 9.17) is 4.74 Å². The molecule has 0 heterocycles. The fourth-order valence-electron chi connectivity index (χ4n) is 2.29. The van der Waals surface area contributed by atoms with Crippen LogP contribution < -0.4 is 10.0 Å². The van der Waals surface area contributed by atoms with Crippen molar-refractivity contribution < 1.29 is 22.7 Å². The Balaban J connectivity index is 2.13. The molecule has 0 atom stereocenters. The molecule has 0 aliphatic heterocycles. The number of carbonyl (C=O) groups is 2. The first-order valence-electron chi connectivity index (χ1n) is 9.12. The smallest absolute Gasteiger partial charge is 0.328 e. The van der Waals surface area contributed by atoms with Crippen LogP contribution in [0.2, 0.25) is 0 Å². The zero-order valence-electron chi connectivity index (χ0n) is 15.6. The molecule has 0 aliphatic rings. The average molecular weight is 397 g/mol. The van der Waals surface area contributed by atoms with E-state index in [1.165, 1.54) is 6.08 Å². The Morgan fingerprint density at radius 2 is 1.70 bits per heavy atom. The molecular weight excluding hydrogens is 368 g/mol. The molecular formula is C19H28N2O5S. The second kappa shape index (κ2) is 12.9. The van der Waals surface area contributed by atoms with Gasteiger partial charge in [0.2, 0.25) is 0 Å². The molecule has 8 heteroatoms. The molecule has 2 amide bonds. The second-order valence-electron chi connectivity index (χ2n) is 5.94. The van der Waals surface area contributed by atoms with Crippen LogP contribution in [0.3, 0.4) is 0 Å². The summed E-state index contributed by atoms with van der Waals surface area (Å²) >= 11 is 0. The lowest BCUT2D eigenvalue weighted by atomic mass is 10.1. The van der Waals surface area contributed by atoms with Crippen LogP contribution in [0.4, 0.5) is 4.79 Å². The number of carbonyl (C=O) groups excluding carboxylic acids is 2. The van der Waals surface area contributed by atoms with Crippen molar-refractivity contribution >= 4 is 28.1 Å². The topological polar surface area (TPSA) is 102 Å². The summed E-state index contributed by atoms with van der Waals surface area (Å²) in [5, 5.41) is 3.49. The van der Waals surface area contributed by atoms with E-state index in [9.17, 15) is 18.0 Å². The molecule has 0 radical (unpaired) electrons. The van der Waals surface area contributed by atoms with E-state index in [-0.39, 0.29) is 5.97 Å². The standard InChI is InChI=1S/C19H28N2O5S/c1-2-26-18(22)13-9-4-3-5-10-15-20-19(23)21-27(24,25)16-14-17-11-7-6-8-12-17/h6-8,11-12,14,16H,2-5,9-10,13,15H2,1H3,(H2,20,21,23)/b16-14+. The molecule has 0 saturated carbocycles. The molecule has 0 unspecified atom stereocenters. The van der Waals surface area contributed by atoms with Gasteiger partial charge in [0.15, 0.2) is 0 Å². The summed E-state index contributed by atoms with van der Waals surface area (Å²) in [7, 11) is -3.83. The van der Waals surface area contributed by atoms with Crippen LogP contribution in [-0.4, -0.2) is 33.6 Å². The first-order chi connectivity index (χ1) is 12.9. The number of hydrogen-bond acceptors (Lipinski definition) is 5. The summed E-state index contributed by atoms with van der Waals surface area (Å²) in [6, 6.07) is 8.21. The maximum Gasteiger partial charge on any atom is 0.328 e. The van der Waals surface area contributed by atoms with Gasteiger partial charge in [-0.2, -0.15) is 0 Å². The molecule has 150 valence electrons. The van der Waals surface area contributed by atoms with Crippen molar-refractivity contribution in [1.82, 2.24) is 10.0 Å². The van der Waals surface area contributed by atoms with Crippen molar-refractivity contribution in [3.8, 4) is 0 Å². The van der Waals surface area contributed by atoms with Crippen LogP contribution >= 0.6 is 0 Å². The van der Waals surface area contributed by atoms with Gasteiger partial charge in [-0.1, -0.05) is 49.6 Å². The normalized spacial score (nSPS) is 11.3. The van der Waals surface area contributed by atoms with E-state index in [2.05, 4.69) is 5.32 Å². The molecule has 0 aliphatic carbocycles. The minimum atomic E-state index is -3.83. The maximum atomic E-state index is 11.8. The number of rotatable bonds is 12. The maximum absolute atomic E-state index is 11.8. The summed E-state index contributed by atoms with van der Waals surface area (Å²) in [4.78, 5) is 22.8. The summed E-state index contributed by atoms with van der Waals surface area (Å²) in [5.41, 5.74) is 0.728. The Bertz CT molecular complexity index is 702. The third-order valence-corrected chi connectivity index (χ3v) is 4.59. The zero-order chi connectivity index (χ0) is 20.0. The SMILES string of the molecule is CCOC(=O)CCCCCCCNC(=O)NS(=O)(=O)/C=C/c1ccccc1. The molecule has 0 spiro atoms. The van der Waals surface area contributed by atoms with E-state index < -0.39 is 16.1 Å². The number of urea groups is 1. The Labute approximate surface area is 161 Å². The Hall–Kier alpha value is -2.35. The van der Waals surface area contributed by atoms with Gasteiger partial charge in [0.25, 0.3) is 10.0 Å². The predicted molar refractivity (Wildman–Crippen MR) is 105 cm³/mol. The summed E-state index contributed by atoms with van der Waals surface area (Å²) < 4.78 is 30.4. The minimum absolute atomic E-state index is 0.168. The zero-order valence-corrected chi connectivity index (χ0v) is 16.5. The van der Waals surface area contributed by atoms with Crippen LogP contribution in [0.1, 0.15) is 51.0 Å². The highest BCUT2D eigenvalue weighted by Crippen LogP contribution is 2.06. The van der Waals surface area contributed by atoms with E-state index in [1.54, 1.807) is 31.2 Å². The second-order valence-corrected chi connectivity index (χ2v) is 7.51. The highest BCUT2D eigenvalue weighted by molar-refractivity contribution is 7.93. The third kappa shape index (κ3) is 11.8. The van der Waals surface area contributed by atoms with Gasteiger partial charge >= 0.3 is 12.0 Å². The Kier molecular flexibility index (Phi) is 10.9. The molecule has 1 rings (SSSR count). The molecule has 1 aromatic rings. The molecule has 0 bridgehead atoms. The first-order valence-corrected chi connectivity index (χ1v) is 10.7. The van der Waals surface area contributed by atoms with E-state index in [0.29, 0.717) is 19.6 Å². The average Bonchev–Trinajstić information content (AvgIpc) is 2.63. The van der Waals surface area contributed by atoms with E-state index >= 15 is 0 Å². The molecule has 1 aromatic carbocycles. The minimum Gasteiger partial charge on any atom is -0.466 e. The lowest BCUT2D eigenvalue weighted by molar-refractivity contribution is -0.143. The lowest BCUT2D eigenvalue weighted by Gasteiger charge is -2.06. The highest BCUT2D eigenvalue weighted by Gasteiger charge is 2.10. The Morgan fingerprint density at radius 1 is 1.04 bits per heavy atom. The summed E-state index contributed by atoms with van der Waals surface area (Å²) in [6.45, 7) is 2.58. The van der Waals surface area contributed by atoms with Gasteiger partial charge in [0.1, 0.15) is 0 Å². The van der Waals surface area contributed by atoms with Gasteiger partial charge in [0, 0.05) is 13.0 Å². The monoisotopic (exact) mass is 396 g/mol. The van der Waals surface area contributed by atoms with Gasteiger partial charge in [-0.15, -0.1) is 0 Å². The quantitative estimate of drug-likeness (QED) is 0.417. The highest BCUT2D eigenvalue weighted by atomic mass is 32.2. The van der Waals surface area contributed by atoms with Gasteiger partial charge < -0.3 is 10.1 Å². The fraction of sp³-hybridized carbons (Fsp3) is 0.474. The van der Waals surface area contributed by atoms with Crippen molar-refractivity contribution in [2.45, 2.75) is 45.4 Å². The van der Waals surface area contributed by atoms with Crippen LogP contribution in [-0.2, 0) is 19.6 Å². The number of benzene rings is 1. The molecule has 0 saturated heterocycles. The van der Waals surface area contributed by atoms with Gasteiger partial charge in [0.05, 0.1) is 12.0 Å². The van der Waals surface area contributed by atoms with Crippen LogP contribution in [0.25, 0.3) is 6.08 Å². The largest absolute Gasteiger partial charge is 0.466 e. The Morgan fingerprint density at radius 3 is 2.41 bits per heavy atom. The summed E-state index contributed by atoms with van der Waals surface area (Å²) in [6.07, 6.45) is 6.15. The summed E-state index contributed by atoms with van der Waals surface area (Å²) in [5.74, 6) is -0.168. The van der Waals surface area contributed by atoms with Crippen LogP contribution in [0.5, 0.6) is 0 Å². The van der Waals surface area contributed by atoms with Crippen molar-refractivity contribution in [2.75, 3.05) is 13.2 Å². The number of unbranched alkanes of at least 4 members (excludes halogenated alkanes) is 4. The number of esters is 1. The number of nitrogens with one attached hydrogen (secondary N) is 2. The molecule has 0 fully saturated rings. The van der Waals surface area contributed by atoms with Crippen LogP contribution in [0, 0.1) is 0 Å². The lowest BCUT2D eigenvalue weighted by Crippen LogP contribution is -2.38. The van der Waals surface area contributed by atoms with Gasteiger partial charge in [-0.25, -0.2) is 17.9 Å². The van der Waals surface area contributed by atoms with Crippen molar-refractivity contribution in [1.29, 1.82) is 0 Å². The van der Waals surface area contributed by atoms with Crippen molar-refractivity contribution in [3.63, 3.8) is 0 Å². The molecule has 7 nitrogen and oxygen atoms in total. The third-order valence-electron chi connectivity index (χ3n) is 3.62. The number of sulfonamides is 1. The number of amides is 2. The number of hydrogen-bond donors (Lipinski definition) is 2. The van der Waals surface area contributed by atoms with Gasteiger partial charge in [-0.05, 0) is 31.4 Å². The molecule has 2 N–H and O–H groups in total. The molecule has 0 aromatic heterocycles. The fourth-order valence-corrected chi connectivity index (χ4v) is 3.03.